The van der Waals surface area contributed by atoms with Crippen LogP contribution in [0.5, 0.6) is 0 Å². The number of piperazine rings is 1. The molecule has 0 aliphatic carbocycles. The minimum absolute atomic E-state index is 1.00. The highest BCUT2D eigenvalue weighted by Gasteiger charge is 2.10. The van der Waals surface area contributed by atoms with Crippen molar-refractivity contribution in [2.24, 2.45) is 0 Å². The summed E-state index contributed by atoms with van der Waals surface area (Å²) >= 11 is 0. The molecule has 4 heteroatoms. The van der Waals surface area contributed by atoms with Crippen LogP contribution in [0.15, 0.2) is 6.20 Å². The van der Waals surface area contributed by atoms with Gasteiger partial charge in [0.25, 0.3) is 0 Å². The number of hydrogen-bond donors (Lipinski definition) is 2. The molecule has 0 spiro atoms. The van der Waals surface area contributed by atoms with Crippen molar-refractivity contribution >= 4 is 0 Å². The predicted molar refractivity (Wildman–Crippen MR) is 51.5 cm³/mol. The fraction of sp³-hybridized carbons (Fsp3) is 0.667. The van der Waals surface area contributed by atoms with Crippen LogP contribution in [0.25, 0.3) is 0 Å². The molecule has 4 nitrogen and oxygen atoms in total. The number of aromatic amines is 1. The zero-order chi connectivity index (χ0) is 9.10. The van der Waals surface area contributed by atoms with Crippen LogP contribution in [-0.4, -0.2) is 41.0 Å². The van der Waals surface area contributed by atoms with Crippen molar-refractivity contribution in [3.63, 3.8) is 0 Å². The molecule has 0 atom stereocenters. The third-order valence-electron chi connectivity index (χ3n) is 2.36. The molecule has 0 bridgehead atoms. The molecule has 0 aromatic carbocycles. The highest BCUT2D eigenvalue weighted by Crippen LogP contribution is 2.02. The van der Waals surface area contributed by atoms with Gasteiger partial charge in [-0.15, -0.1) is 0 Å². The first-order chi connectivity index (χ1) is 6.34. The van der Waals surface area contributed by atoms with Gasteiger partial charge in [0.2, 0.25) is 0 Å². The highest BCUT2D eigenvalue weighted by atomic mass is 15.2. The molecule has 0 amide bonds. The zero-order valence-corrected chi connectivity index (χ0v) is 8.01. The Balaban J connectivity index is 1.89. The number of aryl methyl sites for hydroxylation is 1. The first kappa shape index (κ1) is 8.72. The maximum atomic E-state index is 4.18. The third kappa shape index (κ3) is 2.29. The average molecular weight is 180 g/mol. The van der Waals surface area contributed by atoms with Crippen LogP contribution in [0.4, 0.5) is 0 Å². The summed E-state index contributed by atoms with van der Waals surface area (Å²) < 4.78 is 0. The third-order valence-corrected chi connectivity index (χ3v) is 2.36. The Morgan fingerprint density at radius 2 is 2.23 bits per heavy atom. The van der Waals surface area contributed by atoms with Crippen LogP contribution < -0.4 is 5.32 Å². The van der Waals surface area contributed by atoms with Crippen molar-refractivity contribution in [3.8, 4) is 0 Å². The Labute approximate surface area is 78.4 Å². The molecule has 0 radical (unpaired) electrons. The van der Waals surface area contributed by atoms with E-state index in [1.165, 1.54) is 5.69 Å². The molecule has 72 valence electrons. The van der Waals surface area contributed by atoms with Gasteiger partial charge in [-0.3, -0.25) is 4.90 Å². The number of hydrogen-bond acceptors (Lipinski definition) is 3. The van der Waals surface area contributed by atoms with E-state index in [9.17, 15) is 0 Å². The van der Waals surface area contributed by atoms with E-state index in [4.69, 9.17) is 0 Å². The second-order valence-electron chi connectivity index (χ2n) is 3.52. The van der Waals surface area contributed by atoms with Crippen LogP contribution in [-0.2, 0) is 6.54 Å². The molecule has 2 N–H and O–H groups in total. The number of nitrogens with one attached hydrogen (secondary N) is 2. The summed E-state index contributed by atoms with van der Waals surface area (Å²) in [6.45, 7) is 7.47. The van der Waals surface area contributed by atoms with Crippen molar-refractivity contribution in [1.82, 2.24) is 20.2 Å². The molecule has 2 heterocycles. The normalized spacial score (nSPS) is 19.2. The number of imidazole rings is 1. The highest BCUT2D eigenvalue weighted by molar-refractivity contribution is 4.99. The van der Waals surface area contributed by atoms with Gasteiger partial charge in [0.15, 0.2) is 0 Å². The van der Waals surface area contributed by atoms with Crippen LogP contribution in [0.3, 0.4) is 0 Å². The van der Waals surface area contributed by atoms with E-state index in [2.05, 4.69) is 20.2 Å². The van der Waals surface area contributed by atoms with Gasteiger partial charge in [0.1, 0.15) is 5.82 Å². The van der Waals surface area contributed by atoms with Crippen molar-refractivity contribution < 1.29 is 0 Å². The number of H-pyrrole nitrogens is 1. The van der Waals surface area contributed by atoms with E-state index in [0.29, 0.717) is 0 Å². The first-order valence-electron chi connectivity index (χ1n) is 4.78. The van der Waals surface area contributed by atoms with Gasteiger partial charge in [-0.2, -0.15) is 0 Å². The van der Waals surface area contributed by atoms with Crippen LogP contribution in [0, 0.1) is 6.92 Å². The van der Waals surface area contributed by atoms with Crippen LogP contribution in [0.1, 0.15) is 11.5 Å². The van der Waals surface area contributed by atoms with Crippen molar-refractivity contribution in [1.29, 1.82) is 0 Å². The summed E-state index contributed by atoms with van der Waals surface area (Å²) in [7, 11) is 0. The first-order valence-corrected chi connectivity index (χ1v) is 4.78. The molecule has 1 fully saturated rings. The zero-order valence-electron chi connectivity index (χ0n) is 8.01. The smallest absolute Gasteiger partial charge is 0.103 e. The van der Waals surface area contributed by atoms with E-state index in [1.807, 2.05) is 13.1 Å². The molecule has 1 aromatic rings. The molecule has 0 unspecified atom stereocenters. The van der Waals surface area contributed by atoms with E-state index in [1.54, 1.807) is 0 Å². The number of rotatable bonds is 2. The summed E-state index contributed by atoms with van der Waals surface area (Å²) in [4.78, 5) is 9.87. The lowest BCUT2D eigenvalue weighted by molar-refractivity contribution is 0.231. The lowest BCUT2D eigenvalue weighted by atomic mass is 10.3. The minimum Gasteiger partial charge on any atom is -0.345 e. The summed E-state index contributed by atoms with van der Waals surface area (Å²) in [5.74, 6) is 1.00. The van der Waals surface area contributed by atoms with E-state index < -0.39 is 0 Å². The summed E-state index contributed by atoms with van der Waals surface area (Å²) in [5, 5.41) is 3.34. The Morgan fingerprint density at radius 3 is 2.85 bits per heavy atom. The molecule has 1 saturated heterocycles. The minimum atomic E-state index is 1.00. The molecule has 1 aliphatic heterocycles. The fourth-order valence-electron chi connectivity index (χ4n) is 1.66. The van der Waals surface area contributed by atoms with Crippen LogP contribution in [0.2, 0.25) is 0 Å². The molecule has 2 rings (SSSR count). The van der Waals surface area contributed by atoms with Gasteiger partial charge >= 0.3 is 0 Å². The summed E-state index contributed by atoms with van der Waals surface area (Å²) in [6, 6.07) is 0. The SMILES string of the molecule is Cc1ncc(CN2CCNCC2)[nH]1. The number of aromatic nitrogens is 2. The van der Waals surface area contributed by atoms with Gasteiger partial charge in [-0.25, -0.2) is 4.98 Å². The lowest BCUT2D eigenvalue weighted by Gasteiger charge is -2.26. The van der Waals surface area contributed by atoms with E-state index in [0.717, 1.165) is 38.5 Å². The van der Waals surface area contributed by atoms with Gasteiger partial charge in [-0.05, 0) is 6.92 Å². The monoisotopic (exact) mass is 180 g/mol. The van der Waals surface area contributed by atoms with Crippen LogP contribution >= 0.6 is 0 Å². The molecule has 1 aliphatic rings. The van der Waals surface area contributed by atoms with E-state index >= 15 is 0 Å². The Kier molecular flexibility index (Phi) is 2.61. The second-order valence-corrected chi connectivity index (χ2v) is 3.52. The molecular weight excluding hydrogens is 164 g/mol. The molecular formula is C9H16N4. The second kappa shape index (κ2) is 3.89. The van der Waals surface area contributed by atoms with Gasteiger partial charge < -0.3 is 10.3 Å². The quantitative estimate of drug-likeness (QED) is 0.679. The largest absolute Gasteiger partial charge is 0.345 e. The summed E-state index contributed by atoms with van der Waals surface area (Å²) in [6.07, 6.45) is 1.93. The van der Waals surface area contributed by atoms with Crippen molar-refractivity contribution in [3.05, 3.63) is 17.7 Å². The van der Waals surface area contributed by atoms with Crippen molar-refractivity contribution in [2.75, 3.05) is 26.2 Å². The molecule has 1 aromatic heterocycles. The summed E-state index contributed by atoms with van der Waals surface area (Å²) in [5.41, 5.74) is 1.22. The fourth-order valence-corrected chi connectivity index (χ4v) is 1.66. The number of nitrogens with zero attached hydrogens (tertiary/aromatic N) is 2. The Hall–Kier alpha value is -0.870. The average Bonchev–Trinajstić information content (AvgIpc) is 2.53. The lowest BCUT2D eigenvalue weighted by Crippen LogP contribution is -2.42. The van der Waals surface area contributed by atoms with Gasteiger partial charge in [-0.1, -0.05) is 0 Å². The predicted octanol–water partition coefficient (Wildman–Crippen LogP) is 0.123. The maximum Gasteiger partial charge on any atom is 0.103 e. The topological polar surface area (TPSA) is 44.0 Å². The Bertz CT molecular complexity index is 262. The van der Waals surface area contributed by atoms with Gasteiger partial charge in [0.05, 0.1) is 0 Å². The van der Waals surface area contributed by atoms with Gasteiger partial charge in [0, 0.05) is 44.6 Å². The maximum absolute atomic E-state index is 4.18. The Morgan fingerprint density at radius 1 is 1.46 bits per heavy atom. The van der Waals surface area contributed by atoms with Crippen molar-refractivity contribution in [2.45, 2.75) is 13.5 Å². The van der Waals surface area contributed by atoms with E-state index in [-0.39, 0.29) is 0 Å². The molecule has 0 saturated carbocycles. The molecule has 13 heavy (non-hydrogen) atoms. The standard InChI is InChI=1S/C9H16N4/c1-8-11-6-9(12-8)7-13-4-2-10-3-5-13/h6,10H,2-5,7H2,1H3,(H,11,12).